The third-order valence-corrected chi connectivity index (χ3v) is 4.04. The van der Waals surface area contributed by atoms with Crippen molar-refractivity contribution in [2.75, 3.05) is 14.2 Å². The quantitative estimate of drug-likeness (QED) is 0.833. The van der Waals surface area contributed by atoms with Gasteiger partial charge in [-0.3, -0.25) is 4.79 Å². The van der Waals surface area contributed by atoms with Gasteiger partial charge < -0.3 is 20.5 Å². The Labute approximate surface area is 125 Å². The minimum Gasteiger partial charge on any atom is -0.497 e. The van der Waals surface area contributed by atoms with Gasteiger partial charge in [-0.05, 0) is 25.0 Å². The number of hydrogen-bond donors (Lipinski definition) is 2. The summed E-state index contributed by atoms with van der Waals surface area (Å²) in [7, 11) is 3.13. The number of amides is 1. The monoisotopic (exact) mass is 292 g/mol. The fourth-order valence-electron chi connectivity index (χ4n) is 2.75. The van der Waals surface area contributed by atoms with Crippen LogP contribution in [-0.4, -0.2) is 32.2 Å². The minimum atomic E-state index is -0.142. The summed E-state index contributed by atoms with van der Waals surface area (Å²) >= 11 is 0. The first kappa shape index (κ1) is 15.6. The van der Waals surface area contributed by atoms with Crippen LogP contribution in [0.1, 0.15) is 42.5 Å². The summed E-state index contributed by atoms with van der Waals surface area (Å²) in [5, 5.41) is 3.05. The Morgan fingerprint density at radius 1 is 1.19 bits per heavy atom. The van der Waals surface area contributed by atoms with Gasteiger partial charge in [0.05, 0.1) is 19.8 Å². The molecule has 2 rings (SSSR count). The van der Waals surface area contributed by atoms with Crippen LogP contribution < -0.4 is 20.5 Å². The van der Waals surface area contributed by atoms with Crippen molar-refractivity contribution in [1.29, 1.82) is 0 Å². The van der Waals surface area contributed by atoms with Gasteiger partial charge in [0.25, 0.3) is 5.91 Å². The van der Waals surface area contributed by atoms with E-state index >= 15 is 0 Å². The van der Waals surface area contributed by atoms with Crippen LogP contribution >= 0.6 is 0 Å². The number of methoxy groups -OCH3 is 2. The summed E-state index contributed by atoms with van der Waals surface area (Å²) in [6, 6.07) is 5.24. The standard InChI is InChI=1S/C16H24N2O3/c1-20-11-8-9-12(15(10-11)21-2)16(19)18-14-7-5-3-4-6-13(14)17/h8-10,13-14H,3-7,17H2,1-2H3,(H,18,19). The highest BCUT2D eigenvalue weighted by molar-refractivity contribution is 5.97. The third kappa shape index (κ3) is 3.88. The van der Waals surface area contributed by atoms with Crippen LogP contribution in [0.4, 0.5) is 0 Å². The molecule has 0 radical (unpaired) electrons. The SMILES string of the molecule is COc1ccc(C(=O)NC2CCCCCC2N)c(OC)c1. The molecule has 0 aromatic heterocycles. The van der Waals surface area contributed by atoms with E-state index < -0.39 is 0 Å². The highest BCUT2D eigenvalue weighted by atomic mass is 16.5. The fourth-order valence-corrected chi connectivity index (χ4v) is 2.75. The maximum absolute atomic E-state index is 12.5. The Hall–Kier alpha value is -1.75. The van der Waals surface area contributed by atoms with Gasteiger partial charge in [-0.15, -0.1) is 0 Å². The predicted octanol–water partition coefficient (Wildman–Crippen LogP) is 2.09. The van der Waals surface area contributed by atoms with Crippen LogP contribution in [0.25, 0.3) is 0 Å². The van der Waals surface area contributed by atoms with E-state index in [1.54, 1.807) is 32.4 Å². The molecule has 1 aliphatic rings. The summed E-state index contributed by atoms with van der Waals surface area (Å²) in [6.45, 7) is 0. The topological polar surface area (TPSA) is 73.6 Å². The van der Waals surface area contributed by atoms with Crippen LogP contribution in [0.3, 0.4) is 0 Å². The van der Waals surface area contributed by atoms with E-state index in [4.69, 9.17) is 15.2 Å². The van der Waals surface area contributed by atoms with E-state index in [0.29, 0.717) is 17.1 Å². The van der Waals surface area contributed by atoms with Gasteiger partial charge in [0.1, 0.15) is 11.5 Å². The molecule has 0 heterocycles. The first-order valence-electron chi connectivity index (χ1n) is 7.44. The van der Waals surface area contributed by atoms with E-state index in [1.807, 2.05) is 0 Å². The number of hydrogen-bond acceptors (Lipinski definition) is 4. The molecule has 1 aromatic rings. The zero-order valence-corrected chi connectivity index (χ0v) is 12.7. The Bertz CT molecular complexity index is 490. The van der Waals surface area contributed by atoms with Crippen molar-refractivity contribution in [3.05, 3.63) is 23.8 Å². The van der Waals surface area contributed by atoms with Crippen LogP contribution in [0.2, 0.25) is 0 Å². The number of nitrogens with two attached hydrogens (primary N) is 1. The van der Waals surface area contributed by atoms with E-state index in [9.17, 15) is 4.79 Å². The van der Waals surface area contributed by atoms with E-state index in [1.165, 1.54) is 6.42 Å². The molecule has 1 aromatic carbocycles. The zero-order valence-electron chi connectivity index (χ0n) is 12.7. The maximum atomic E-state index is 12.5. The second kappa shape index (κ2) is 7.31. The summed E-state index contributed by atoms with van der Waals surface area (Å²) in [6.07, 6.45) is 5.33. The molecule has 1 amide bonds. The average molecular weight is 292 g/mol. The van der Waals surface area contributed by atoms with Gasteiger partial charge in [0, 0.05) is 18.2 Å². The second-order valence-electron chi connectivity index (χ2n) is 5.45. The molecule has 2 atom stereocenters. The van der Waals surface area contributed by atoms with Crippen LogP contribution in [0, 0.1) is 0 Å². The molecule has 3 N–H and O–H groups in total. The lowest BCUT2D eigenvalue weighted by Gasteiger charge is -2.23. The summed E-state index contributed by atoms with van der Waals surface area (Å²) in [5.41, 5.74) is 6.66. The molecule has 21 heavy (non-hydrogen) atoms. The molecule has 1 saturated carbocycles. The third-order valence-electron chi connectivity index (χ3n) is 4.04. The molecule has 0 aliphatic heterocycles. The smallest absolute Gasteiger partial charge is 0.255 e. The van der Waals surface area contributed by atoms with Crippen molar-refractivity contribution in [1.82, 2.24) is 5.32 Å². The highest BCUT2D eigenvalue weighted by Gasteiger charge is 2.23. The zero-order chi connectivity index (χ0) is 15.2. The lowest BCUT2D eigenvalue weighted by Crippen LogP contribution is -2.47. The van der Waals surface area contributed by atoms with E-state index in [-0.39, 0.29) is 18.0 Å². The summed E-state index contributed by atoms with van der Waals surface area (Å²) in [4.78, 5) is 12.5. The minimum absolute atomic E-state index is 0.0284. The molecular weight excluding hydrogens is 268 g/mol. The van der Waals surface area contributed by atoms with E-state index in [2.05, 4.69) is 5.32 Å². The molecular formula is C16H24N2O3. The van der Waals surface area contributed by atoms with Crippen LogP contribution in [0.5, 0.6) is 11.5 Å². The Morgan fingerprint density at radius 3 is 2.67 bits per heavy atom. The number of carbonyl (C=O) groups excluding carboxylic acids is 1. The molecule has 0 bridgehead atoms. The number of benzene rings is 1. The maximum Gasteiger partial charge on any atom is 0.255 e. The molecule has 5 heteroatoms. The summed E-state index contributed by atoms with van der Waals surface area (Å²) < 4.78 is 10.4. The van der Waals surface area contributed by atoms with Crippen LogP contribution in [0.15, 0.2) is 18.2 Å². The van der Waals surface area contributed by atoms with Crippen molar-refractivity contribution >= 4 is 5.91 Å². The Morgan fingerprint density at radius 2 is 1.95 bits per heavy atom. The van der Waals surface area contributed by atoms with Crippen LogP contribution in [-0.2, 0) is 0 Å². The van der Waals surface area contributed by atoms with E-state index in [0.717, 1.165) is 25.7 Å². The Balaban J connectivity index is 2.12. The number of carbonyl (C=O) groups is 1. The first-order valence-corrected chi connectivity index (χ1v) is 7.44. The first-order chi connectivity index (χ1) is 10.2. The molecule has 116 valence electrons. The molecule has 2 unspecified atom stereocenters. The average Bonchev–Trinajstić information content (AvgIpc) is 2.71. The molecule has 0 saturated heterocycles. The normalized spacial score (nSPS) is 22.2. The Kier molecular flexibility index (Phi) is 5.44. The fraction of sp³-hybridized carbons (Fsp3) is 0.562. The predicted molar refractivity (Wildman–Crippen MR) is 81.9 cm³/mol. The molecule has 1 fully saturated rings. The van der Waals surface area contributed by atoms with Crippen molar-refractivity contribution in [2.24, 2.45) is 5.73 Å². The molecule has 0 spiro atoms. The van der Waals surface area contributed by atoms with Gasteiger partial charge in [-0.25, -0.2) is 0 Å². The van der Waals surface area contributed by atoms with Crippen molar-refractivity contribution < 1.29 is 14.3 Å². The van der Waals surface area contributed by atoms with Gasteiger partial charge >= 0.3 is 0 Å². The van der Waals surface area contributed by atoms with Gasteiger partial charge in [0.2, 0.25) is 0 Å². The molecule has 5 nitrogen and oxygen atoms in total. The van der Waals surface area contributed by atoms with Crippen molar-refractivity contribution in [3.8, 4) is 11.5 Å². The van der Waals surface area contributed by atoms with Crippen molar-refractivity contribution in [3.63, 3.8) is 0 Å². The van der Waals surface area contributed by atoms with Gasteiger partial charge in [-0.2, -0.15) is 0 Å². The lowest BCUT2D eigenvalue weighted by molar-refractivity contribution is 0.0925. The van der Waals surface area contributed by atoms with Gasteiger partial charge in [-0.1, -0.05) is 19.3 Å². The van der Waals surface area contributed by atoms with Gasteiger partial charge in [0.15, 0.2) is 0 Å². The number of rotatable bonds is 4. The number of nitrogens with one attached hydrogen (secondary N) is 1. The highest BCUT2D eigenvalue weighted by Crippen LogP contribution is 2.25. The second-order valence-corrected chi connectivity index (χ2v) is 5.45. The largest absolute Gasteiger partial charge is 0.497 e. The molecule has 1 aliphatic carbocycles. The van der Waals surface area contributed by atoms with Crippen molar-refractivity contribution in [2.45, 2.75) is 44.2 Å². The summed E-state index contributed by atoms with van der Waals surface area (Å²) in [5.74, 6) is 1.03. The number of ether oxygens (including phenoxy) is 2. The lowest BCUT2D eigenvalue weighted by atomic mass is 10.0.